The van der Waals surface area contributed by atoms with E-state index in [1.54, 1.807) is 0 Å². The van der Waals surface area contributed by atoms with Gasteiger partial charge in [-0.25, -0.2) is 4.21 Å². The van der Waals surface area contributed by atoms with Gasteiger partial charge in [0.1, 0.15) is 0 Å². The van der Waals surface area contributed by atoms with E-state index in [-0.39, 0.29) is 0 Å². The van der Waals surface area contributed by atoms with E-state index < -0.39 is 10.8 Å². The van der Waals surface area contributed by atoms with Gasteiger partial charge in [-0.2, -0.15) is 0 Å². The van der Waals surface area contributed by atoms with Gasteiger partial charge in [0.15, 0.2) is 0 Å². The van der Waals surface area contributed by atoms with Gasteiger partial charge >= 0.3 is 0 Å². The lowest BCUT2D eigenvalue weighted by atomic mass is 10.1. The van der Waals surface area contributed by atoms with Gasteiger partial charge in [-0.1, -0.05) is 11.6 Å². The van der Waals surface area contributed by atoms with Crippen molar-refractivity contribution in [2.24, 2.45) is 0 Å². The highest BCUT2D eigenvalue weighted by Gasteiger charge is 2.34. The van der Waals surface area contributed by atoms with Crippen LogP contribution in [0.4, 0.5) is 0 Å². The Morgan fingerprint density at radius 2 is 2.00 bits per heavy atom. The van der Waals surface area contributed by atoms with E-state index in [0.717, 1.165) is 20.9 Å². The van der Waals surface area contributed by atoms with E-state index in [4.69, 9.17) is 11.6 Å². The molecule has 0 aliphatic carbocycles. The fourth-order valence-electron chi connectivity index (χ4n) is 1.18. The van der Waals surface area contributed by atoms with Crippen LogP contribution in [0, 0.1) is 13.8 Å². The second kappa shape index (κ2) is 2.08. The van der Waals surface area contributed by atoms with Crippen LogP contribution in [0.5, 0.6) is 0 Å². The second-order valence-corrected chi connectivity index (χ2v) is 4.49. The van der Waals surface area contributed by atoms with Crippen molar-refractivity contribution in [2.75, 3.05) is 0 Å². The SMILES string of the molecule is Cc1cc(Cl)c2c(c1C)S2=O. The maximum absolute atomic E-state index is 11.2. The third kappa shape index (κ3) is 0.861. The molecule has 0 fully saturated rings. The molecule has 0 N–H and O–H groups in total. The molecule has 1 atom stereocenters. The first-order chi connectivity index (χ1) is 5.13. The third-order valence-corrected chi connectivity index (χ3v) is 3.91. The Kier molecular flexibility index (Phi) is 1.38. The average Bonchev–Trinajstić information content (AvgIpc) is 2.58. The number of halogens is 1. The Morgan fingerprint density at radius 3 is 2.64 bits per heavy atom. The summed E-state index contributed by atoms with van der Waals surface area (Å²) in [6.07, 6.45) is 0. The highest BCUT2D eigenvalue weighted by atomic mass is 35.5. The molecule has 1 unspecified atom stereocenters. The molecule has 0 radical (unpaired) electrons. The molecule has 1 aliphatic rings. The Bertz CT molecular complexity index is 371. The lowest BCUT2D eigenvalue weighted by Gasteiger charge is -1.94. The summed E-state index contributed by atoms with van der Waals surface area (Å²) in [5.41, 5.74) is 2.25. The van der Waals surface area contributed by atoms with Crippen molar-refractivity contribution in [1.82, 2.24) is 0 Å². The number of aryl methyl sites for hydroxylation is 1. The van der Waals surface area contributed by atoms with Crippen molar-refractivity contribution in [2.45, 2.75) is 23.6 Å². The predicted octanol–water partition coefficient (Wildman–Crippen LogP) is 2.44. The van der Waals surface area contributed by atoms with Crippen molar-refractivity contribution < 1.29 is 4.21 Å². The van der Waals surface area contributed by atoms with Crippen LogP contribution in [0.3, 0.4) is 0 Å². The lowest BCUT2D eigenvalue weighted by Crippen LogP contribution is -1.77. The van der Waals surface area contributed by atoms with Crippen LogP contribution in [0.25, 0.3) is 0 Å². The predicted molar refractivity (Wildman–Crippen MR) is 45.6 cm³/mol. The highest BCUT2D eigenvalue weighted by molar-refractivity contribution is 7.91. The minimum Gasteiger partial charge on any atom is -0.249 e. The van der Waals surface area contributed by atoms with E-state index in [1.807, 2.05) is 19.9 Å². The Balaban J connectivity index is 2.78. The van der Waals surface area contributed by atoms with Gasteiger partial charge in [0, 0.05) is 0 Å². The Labute approximate surface area is 72.8 Å². The molecule has 3 heteroatoms. The molecule has 0 spiro atoms. The van der Waals surface area contributed by atoms with Crippen molar-refractivity contribution in [3.63, 3.8) is 0 Å². The van der Waals surface area contributed by atoms with Crippen LogP contribution in [0.2, 0.25) is 5.02 Å². The van der Waals surface area contributed by atoms with E-state index in [1.165, 1.54) is 0 Å². The minimum absolute atomic E-state index is 0.654. The minimum atomic E-state index is -0.880. The molecule has 11 heavy (non-hydrogen) atoms. The standard InChI is InChI=1S/C8H7ClOS/c1-4-3-6(9)8-7(5(4)2)11(8)10/h3H,1-2H3. The summed E-state index contributed by atoms with van der Waals surface area (Å²) in [6.45, 7) is 3.96. The number of fused-ring (bicyclic) bond motifs is 1. The van der Waals surface area contributed by atoms with Crippen molar-refractivity contribution in [1.29, 1.82) is 0 Å². The molecule has 0 amide bonds. The molecule has 1 aromatic carbocycles. The van der Waals surface area contributed by atoms with Gasteiger partial charge in [0.25, 0.3) is 0 Å². The van der Waals surface area contributed by atoms with E-state index in [2.05, 4.69) is 0 Å². The molecule has 1 nitrogen and oxygen atoms in total. The smallest absolute Gasteiger partial charge is 0.0893 e. The van der Waals surface area contributed by atoms with E-state index >= 15 is 0 Å². The molecular formula is C8H7ClOS. The van der Waals surface area contributed by atoms with Crippen molar-refractivity contribution in [3.8, 4) is 0 Å². The maximum atomic E-state index is 11.2. The lowest BCUT2D eigenvalue weighted by molar-refractivity contribution is 0.692. The van der Waals surface area contributed by atoms with Gasteiger partial charge in [0.05, 0.1) is 25.6 Å². The molecular weight excluding hydrogens is 180 g/mol. The zero-order chi connectivity index (χ0) is 8.17. The van der Waals surface area contributed by atoms with Crippen LogP contribution in [-0.4, -0.2) is 4.21 Å². The highest BCUT2D eigenvalue weighted by Crippen LogP contribution is 2.45. The fourth-order valence-corrected chi connectivity index (χ4v) is 3.02. The van der Waals surface area contributed by atoms with Gasteiger partial charge in [-0.15, -0.1) is 0 Å². The topological polar surface area (TPSA) is 17.1 Å². The van der Waals surface area contributed by atoms with Gasteiger partial charge < -0.3 is 0 Å². The summed E-state index contributed by atoms with van der Waals surface area (Å²) in [4.78, 5) is 1.80. The largest absolute Gasteiger partial charge is 0.249 e. The van der Waals surface area contributed by atoms with Crippen LogP contribution in [0.15, 0.2) is 15.9 Å². The quantitative estimate of drug-likeness (QED) is 0.578. The summed E-state index contributed by atoms with van der Waals surface area (Å²) < 4.78 is 11.2. The van der Waals surface area contributed by atoms with Crippen molar-refractivity contribution >= 4 is 22.4 Å². The van der Waals surface area contributed by atoms with Crippen molar-refractivity contribution in [3.05, 3.63) is 22.2 Å². The number of hydrogen-bond donors (Lipinski definition) is 0. The molecule has 1 aliphatic heterocycles. The van der Waals surface area contributed by atoms with Gasteiger partial charge in [-0.05, 0) is 31.0 Å². The zero-order valence-electron chi connectivity index (χ0n) is 6.27. The zero-order valence-corrected chi connectivity index (χ0v) is 7.84. The molecule has 2 rings (SSSR count). The first-order valence-corrected chi connectivity index (χ1v) is 4.87. The third-order valence-electron chi connectivity index (χ3n) is 2.03. The van der Waals surface area contributed by atoms with E-state index in [9.17, 15) is 4.21 Å². The Morgan fingerprint density at radius 1 is 1.36 bits per heavy atom. The summed E-state index contributed by atoms with van der Waals surface area (Å²) in [6, 6.07) is 1.88. The van der Waals surface area contributed by atoms with Gasteiger partial charge in [-0.3, -0.25) is 0 Å². The molecule has 0 saturated carbocycles. The second-order valence-electron chi connectivity index (χ2n) is 2.73. The molecule has 1 aromatic rings. The first kappa shape index (κ1) is 7.32. The molecule has 58 valence electrons. The summed E-state index contributed by atoms with van der Waals surface area (Å²) in [5.74, 6) is 0. The van der Waals surface area contributed by atoms with Gasteiger partial charge in [0.2, 0.25) is 0 Å². The maximum Gasteiger partial charge on any atom is 0.0893 e. The van der Waals surface area contributed by atoms with E-state index in [0.29, 0.717) is 5.02 Å². The number of rotatable bonds is 0. The van der Waals surface area contributed by atoms with Crippen LogP contribution in [0.1, 0.15) is 11.1 Å². The molecule has 0 aromatic heterocycles. The monoisotopic (exact) mass is 186 g/mol. The molecule has 0 bridgehead atoms. The number of benzene rings is 1. The summed E-state index contributed by atoms with van der Waals surface area (Å²) in [5, 5.41) is 0.654. The van der Waals surface area contributed by atoms with Crippen LogP contribution < -0.4 is 0 Å². The fraction of sp³-hybridized carbons (Fsp3) is 0.250. The summed E-state index contributed by atoms with van der Waals surface area (Å²) in [7, 11) is -0.880. The van der Waals surface area contributed by atoms with Crippen LogP contribution >= 0.6 is 11.6 Å². The average molecular weight is 187 g/mol. The molecule has 0 saturated heterocycles. The number of hydrogen-bond acceptors (Lipinski definition) is 1. The summed E-state index contributed by atoms with van der Waals surface area (Å²) >= 11 is 5.84. The Hall–Kier alpha value is -0.340. The molecule has 1 heterocycles. The first-order valence-electron chi connectivity index (χ1n) is 3.34. The normalized spacial score (nSPS) is 19.7. The van der Waals surface area contributed by atoms with Crippen LogP contribution in [-0.2, 0) is 10.8 Å².